The van der Waals surface area contributed by atoms with Crippen molar-refractivity contribution in [1.82, 2.24) is 0 Å². The fourth-order valence-corrected chi connectivity index (χ4v) is 1.63. The smallest absolute Gasteiger partial charge is 0.292 e. The third-order valence-electron chi connectivity index (χ3n) is 2.40. The van der Waals surface area contributed by atoms with Crippen LogP contribution in [-0.2, 0) is 4.74 Å². The normalized spacial score (nSPS) is 14.9. The number of carbonyl (C=O) groups is 1. The predicted molar refractivity (Wildman–Crippen MR) is 61.9 cm³/mol. The Kier molecular flexibility index (Phi) is 3.35. The number of primary amides is 1. The summed E-state index contributed by atoms with van der Waals surface area (Å²) >= 11 is 5.85. The maximum absolute atomic E-state index is 11.1. The van der Waals surface area contributed by atoms with E-state index in [0.29, 0.717) is 13.2 Å². The molecule has 7 nitrogen and oxygen atoms in total. The second-order valence-corrected chi connectivity index (χ2v) is 4.08. The van der Waals surface area contributed by atoms with Gasteiger partial charge < -0.3 is 15.2 Å². The Hall–Kier alpha value is -1.86. The van der Waals surface area contributed by atoms with Gasteiger partial charge in [-0.25, -0.2) is 0 Å². The van der Waals surface area contributed by atoms with Gasteiger partial charge in [0.2, 0.25) is 5.91 Å². The average Bonchev–Trinajstić information content (AvgIpc) is 2.24. The van der Waals surface area contributed by atoms with Crippen molar-refractivity contribution >= 4 is 23.2 Å². The molecule has 1 aromatic carbocycles. The van der Waals surface area contributed by atoms with E-state index < -0.39 is 16.5 Å². The van der Waals surface area contributed by atoms with E-state index in [1.165, 1.54) is 6.07 Å². The summed E-state index contributed by atoms with van der Waals surface area (Å²) in [6, 6.07) is 2.31. The second-order valence-electron chi connectivity index (χ2n) is 3.71. The van der Waals surface area contributed by atoms with Gasteiger partial charge in [0.25, 0.3) is 5.69 Å². The standard InChI is InChI=1S/C10H9ClN2O5/c11-9-7(13(15)16)1-5(10(12)14)2-8(9)18-6-3-17-4-6/h1-2,6H,3-4H2,(H2,12,14). The molecule has 1 aliphatic rings. The number of hydrogen-bond acceptors (Lipinski definition) is 5. The van der Waals surface area contributed by atoms with E-state index in [4.69, 9.17) is 26.8 Å². The number of hydrogen-bond donors (Lipinski definition) is 1. The first-order valence-corrected chi connectivity index (χ1v) is 5.39. The third-order valence-corrected chi connectivity index (χ3v) is 2.78. The number of ether oxygens (including phenoxy) is 2. The molecule has 0 unspecified atom stereocenters. The minimum Gasteiger partial charge on any atom is -0.484 e. The van der Waals surface area contributed by atoms with Crippen molar-refractivity contribution in [2.75, 3.05) is 13.2 Å². The number of nitro groups is 1. The minimum atomic E-state index is -0.788. The van der Waals surface area contributed by atoms with Crippen LogP contribution in [0.5, 0.6) is 5.75 Å². The molecule has 2 N–H and O–H groups in total. The topological polar surface area (TPSA) is 105 Å². The number of nitrogens with two attached hydrogens (primary N) is 1. The first kappa shape index (κ1) is 12.6. The maximum atomic E-state index is 11.1. The van der Waals surface area contributed by atoms with Crippen LogP contribution in [0.4, 0.5) is 5.69 Å². The van der Waals surface area contributed by atoms with E-state index >= 15 is 0 Å². The lowest BCUT2D eigenvalue weighted by atomic mass is 10.1. The molecular weight excluding hydrogens is 264 g/mol. The maximum Gasteiger partial charge on any atom is 0.292 e. The van der Waals surface area contributed by atoms with Gasteiger partial charge >= 0.3 is 0 Å². The van der Waals surface area contributed by atoms with Crippen LogP contribution in [0.15, 0.2) is 12.1 Å². The van der Waals surface area contributed by atoms with E-state index in [9.17, 15) is 14.9 Å². The Morgan fingerprint density at radius 2 is 2.22 bits per heavy atom. The summed E-state index contributed by atoms with van der Waals surface area (Å²) in [7, 11) is 0. The average molecular weight is 273 g/mol. The van der Waals surface area contributed by atoms with Gasteiger partial charge in [-0.1, -0.05) is 11.6 Å². The monoisotopic (exact) mass is 272 g/mol. The molecular formula is C10H9ClN2O5. The van der Waals surface area contributed by atoms with Gasteiger partial charge in [0.05, 0.1) is 18.1 Å². The van der Waals surface area contributed by atoms with Crippen molar-refractivity contribution in [2.45, 2.75) is 6.10 Å². The van der Waals surface area contributed by atoms with Gasteiger partial charge in [-0.05, 0) is 6.07 Å². The Balaban J connectivity index is 2.41. The fraction of sp³-hybridized carbons (Fsp3) is 0.300. The van der Waals surface area contributed by atoms with Gasteiger partial charge in [0, 0.05) is 11.6 Å². The molecule has 18 heavy (non-hydrogen) atoms. The van der Waals surface area contributed by atoms with Crippen LogP contribution in [0.2, 0.25) is 5.02 Å². The van der Waals surface area contributed by atoms with Gasteiger partial charge in [0.15, 0.2) is 5.02 Å². The Bertz CT molecular complexity index is 515. The molecule has 0 aliphatic carbocycles. The highest BCUT2D eigenvalue weighted by atomic mass is 35.5. The zero-order chi connectivity index (χ0) is 13.3. The Morgan fingerprint density at radius 3 is 2.67 bits per heavy atom. The lowest BCUT2D eigenvalue weighted by Crippen LogP contribution is -2.38. The first-order valence-electron chi connectivity index (χ1n) is 5.01. The highest BCUT2D eigenvalue weighted by Gasteiger charge is 2.26. The van der Waals surface area contributed by atoms with Crippen LogP contribution >= 0.6 is 11.6 Å². The predicted octanol–water partition coefficient (Wildman–Crippen LogP) is 1.12. The molecule has 96 valence electrons. The molecule has 1 saturated heterocycles. The summed E-state index contributed by atoms with van der Waals surface area (Å²) in [5, 5.41) is 10.7. The highest BCUT2D eigenvalue weighted by molar-refractivity contribution is 6.34. The van der Waals surface area contributed by atoms with E-state index in [1.807, 2.05) is 0 Å². The lowest BCUT2D eigenvalue weighted by Gasteiger charge is -2.27. The molecule has 2 rings (SSSR count). The summed E-state index contributed by atoms with van der Waals surface area (Å²) in [5.74, 6) is -0.725. The summed E-state index contributed by atoms with van der Waals surface area (Å²) < 4.78 is 10.3. The van der Waals surface area contributed by atoms with Crippen LogP contribution in [-0.4, -0.2) is 30.1 Å². The summed E-state index contributed by atoms with van der Waals surface area (Å²) in [4.78, 5) is 21.2. The number of nitrogens with zero attached hydrogens (tertiary/aromatic N) is 1. The molecule has 0 spiro atoms. The molecule has 1 amide bonds. The van der Waals surface area contributed by atoms with Crippen LogP contribution in [0.25, 0.3) is 0 Å². The molecule has 1 aromatic rings. The fourth-order valence-electron chi connectivity index (χ4n) is 1.41. The van der Waals surface area contributed by atoms with Crippen molar-refractivity contribution in [1.29, 1.82) is 0 Å². The SMILES string of the molecule is NC(=O)c1cc(OC2COC2)c(Cl)c([N+](=O)[O-])c1. The van der Waals surface area contributed by atoms with Crippen molar-refractivity contribution in [3.63, 3.8) is 0 Å². The number of nitro benzene ring substituents is 1. The Morgan fingerprint density at radius 1 is 1.56 bits per heavy atom. The number of halogens is 1. The molecule has 1 aliphatic heterocycles. The summed E-state index contributed by atoms with van der Waals surface area (Å²) in [6.07, 6.45) is -0.217. The number of rotatable bonds is 4. The van der Waals surface area contributed by atoms with Crippen LogP contribution in [0.3, 0.4) is 0 Å². The van der Waals surface area contributed by atoms with E-state index in [1.54, 1.807) is 0 Å². The first-order chi connectivity index (χ1) is 8.49. The third kappa shape index (κ3) is 2.36. The Labute approximate surface area is 107 Å². The number of benzene rings is 1. The second kappa shape index (κ2) is 4.79. The molecule has 0 radical (unpaired) electrons. The summed E-state index contributed by atoms with van der Waals surface area (Å²) in [6.45, 7) is 0.760. The van der Waals surface area contributed by atoms with Gasteiger partial charge in [-0.2, -0.15) is 0 Å². The van der Waals surface area contributed by atoms with E-state index in [0.717, 1.165) is 6.07 Å². The molecule has 0 saturated carbocycles. The van der Waals surface area contributed by atoms with Crippen molar-refractivity contribution in [2.24, 2.45) is 5.73 Å². The van der Waals surface area contributed by atoms with E-state index in [-0.39, 0.29) is 22.4 Å². The van der Waals surface area contributed by atoms with E-state index in [2.05, 4.69) is 0 Å². The van der Waals surface area contributed by atoms with Crippen LogP contribution in [0, 0.1) is 10.1 Å². The highest BCUT2D eigenvalue weighted by Crippen LogP contribution is 2.36. The number of amides is 1. The van der Waals surface area contributed by atoms with Crippen LogP contribution < -0.4 is 10.5 Å². The largest absolute Gasteiger partial charge is 0.484 e. The molecule has 0 atom stereocenters. The molecule has 0 aromatic heterocycles. The lowest BCUT2D eigenvalue weighted by molar-refractivity contribution is -0.384. The minimum absolute atomic E-state index is 0.0265. The summed E-state index contributed by atoms with van der Waals surface area (Å²) in [5.41, 5.74) is 4.65. The van der Waals surface area contributed by atoms with Gasteiger partial charge in [-0.15, -0.1) is 0 Å². The zero-order valence-electron chi connectivity index (χ0n) is 9.09. The van der Waals surface area contributed by atoms with Gasteiger partial charge in [-0.3, -0.25) is 14.9 Å². The van der Waals surface area contributed by atoms with Crippen molar-refractivity contribution in [3.8, 4) is 5.75 Å². The zero-order valence-corrected chi connectivity index (χ0v) is 9.85. The molecule has 1 heterocycles. The number of carbonyl (C=O) groups excluding carboxylic acids is 1. The molecule has 0 bridgehead atoms. The quantitative estimate of drug-likeness (QED) is 0.653. The van der Waals surface area contributed by atoms with Crippen molar-refractivity contribution < 1.29 is 19.2 Å². The van der Waals surface area contributed by atoms with Crippen molar-refractivity contribution in [3.05, 3.63) is 32.8 Å². The van der Waals surface area contributed by atoms with Gasteiger partial charge in [0.1, 0.15) is 11.9 Å². The molecule has 1 fully saturated rings. The van der Waals surface area contributed by atoms with Crippen LogP contribution in [0.1, 0.15) is 10.4 Å². The molecule has 8 heteroatoms.